The van der Waals surface area contributed by atoms with E-state index >= 15 is 0 Å². The molecule has 21 heavy (non-hydrogen) atoms. The van der Waals surface area contributed by atoms with E-state index in [0.717, 1.165) is 12.1 Å². The molecule has 0 bridgehead atoms. The fourth-order valence-electron chi connectivity index (χ4n) is 2.21. The first kappa shape index (κ1) is 16.4. The Hall–Kier alpha value is -0.970. The van der Waals surface area contributed by atoms with E-state index in [9.17, 15) is 8.78 Å². The number of halogens is 4. The van der Waals surface area contributed by atoms with Gasteiger partial charge in [0.05, 0.1) is 9.50 Å². The Balaban J connectivity index is 2.30. The van der Waals surface area contributed by atoms with Crippen LogP contribution in [0.3, 0.4) is 0 Å². The topological polar surface area (TPSA) is 12.0 Å². The van der Waals surface area contributed by atoms with Crippen molar-refractivity contribution in [2.24, 2.45) is 0 Å². The lowest BCUT2D eigenvalue weighted by Crippen LogP contribution is -2.23. The number of nitrogens with one attached hydrogen (secondary N) is 1. The average molecular weight is 375 g/mol. The summed E-state index contributed by atoms with van der Waals surface area (Å²) in [5.74, 6) is -0.716. The zero-order valence-electron chi connectivity index (χ0n) is 11.5. The van der Waals surface area contributed by atoms with Crippen molar-refractivity contribution in [3.05, 3.63) is 68.7 Å². The third-order valence-electron chi connectivity index (χ3n) is 3.25. The number of hydrogen-bond donors (Lipinski definition) is 1. The molecule has 1 N–H and O–H groups in total. The van der Waals surface area contributed by atoms with Crippen LogP contribution in [-0.2, 0) is 6.42 Å². The van der Waals surface area contributed by atoms with Crippen LogP contribution in [0.5, 0.6) is 0 Å². The summed E-state index contributed by atoms with van der Waals surface area (Å²) >= 11 is 8.99. The Bertz CT molecular complexity index is 634. The van der Waals surface area contributed by atoms with Gasteiger partial charge in [-0.2, -0.15) is 0 Å². The molecule has 0 aliphatic rings. The monoisotopic (exact) mass is 373 g/mol. The Morgan fingerprint density at radius 3 is 2.67 bits per heavy atom. The normalized spacial score (nSPS) is 12.4. The van der Waals surface area contributed by atoms with Crippen LogP contribution < -0.4 is 5.32 Å². The van der Waals surface area contributed by atoms with Crippen molar-refractivity contribution < 1.29 is 8.78 Å². The van der Waals surface area contributed by atoms with E-state index in [-0.39, 0.29) is 16.9 Å². The molecule has 1 unspecified atom stereocenters. The van der Waals surface area contributed by atoms with Gasteiger partial charge in [0.25, 0.3) is 0 Å². The van der Waals surface area contributed by atoms with Gasteiger partial charge in [0.2, 0.25) is 0 Å². The second-order valence-electron chi connectivity index (χ2n) is 4.70. The van der Waals surface area contributed by atoms with Gasteiger partial charge < -0.3 is 5.32 Å². The van der Waals surface area contributed by atoms with Crippen molar-refractivity contribution in [3.8, 4) is 0 Å². The first-order valence-electron chi connectivity index (χ1n) is 6.64. The van der Waals surface area contributed by atoms with Crippen LogP contribution in [0, 0.1) is 11.6 Å². The summed E-state index contributed by atoms with van der Waals surface area (Å²) < 4.78 is 27.8. The molecule has 0 heterocycles. The summed E-state index contributed by atoms with van der Waals surface area (Å²) in [6, 6.07) is 9.67. The minimum Gasteiger partial charge on any atom is -0.310 e. The molecule has 2 rings (SSSR count). The van der Waals surface area contributed by atoms with E-state index in [4.69, 9.17) is 11.6 Å². The van der Waals surface area contributed by atoms with E-state index in [1.54, 1.807) is 24.3 Å². The fraction of sp³-hybridized carbons (Fsp3) is 0.250. The molecule has 2 aromatic rings. The van der Waals surface area contributed by atoms with E-state index in [1.165, 1.54) is 12.1 Å². The molecule has 0 radical (unpaired) electrons. The van der Waals surface area contributed by atoms with E-state index in [0.29, 0.717) is 16.5 Å². The highest BCUT2D eigenvalue weighted by Crippen LogP contribution is 2.26. The van der Waals surface area contributed by atoms with Crippen LogP contribution in [0.15, 0.2) is 40.9 Å². The summed E-state index contributed by atoms with van der Waals surface area (Å²) in [5.41, 5.74) is 1.43. The van der Waals surface area contributed by atoms with Crippen molar-refractivity contribution in [2.75, 3.05) is 6.54 Å². The SMILES string of the molecule is CCNC(Cc1cccc(Cl)c1F)c1ccc(F)c(Br)c1. The predicted octanol–water partition coefficient (Wildman–Crippen LogP) is 5.27. The van der Waals surface area contributed by atoms with Gasteiger partial charge in [-0.25, -0.2) is 8.78 Å². The van der Waals surface area contributed by atoms with E-state index in [1.807, 2.05) is 6.92 Å². The number of benzene rings is 2. The van der Waals surface area contributed by atoms with Crippen molar-refractivity contribution in [2.45, 2.75) is 19.4 Å². The Morgan fingerprint density at radius 1 is 1.24 bits per heavy atom. The van der Waals surface area contributed by atoms with E-state index in [2.05, 4.69) is 21.2 Å². The largest absolute Gasteiger partial charge is 0.310 e. The third kappa shape index (κ3) is 4.02. The molecule has 0 spiro atoms. The van der Waals surface area contributed by atoms with Crippen LogP contribution in [0.1, 0.15) is 24.1 Å². The molecular formula is C16H15BrClF2N. The van der Waals surface area contributed by atoms with Gasteiger partial charge in [-0.1, -0.05) is 36.7 Å². The Labute approximate surface area is 136 Å². The van der Waals surface area contributed by atoms with Crippen LogP contribution in [0.4, 0.5) is 8.78 Å². The maximum absolute atomic E-state index is 14.0. The maximum Gasteiger partial charge on any atom is 0.145 e. The standard InChI is InChI=1S/C16H15BrClF2N/c1-2-21-15(10-6-7-14(19)12(17)8-10)9-11-4-3-5-13(18)16(11)20/h3-8,15,21H,2,9H2,1H3. The van der Waals surface area contributed by atoms with Gasteiger partial charge in [-0.3, -0.25) is 0 Å². The molecule has 0 saturated carbocycles. The molecule has 0 aliphatic carbocycles. The van der Waals surface area contributed by atoms with Crippen molar-refractivity contribution in [3.63, 3.8) is 0 Å². The minimum atomic E-state index is -0.400. The molecule has 0 aliphatic heterocycles. The molecule has 1 nitrogen and oxygen atoms in total. The van der Waals surface area contributed by atoms with Gasteiger partial charge >= 0.3 is 0 Å². The first-order chi connectivity index (χ1) is 10.0. The van der Waals surface area contributed by atoms with Crippen LogP contribution in [-0.4, -0.2) is 6.54 Å². The lowest BCUT2D eigenvalue weighted by molar-refractivity contribution is 0.526. The molecule has 0 amide bonds. The highest BCUT2D eigenvalue weighted by molar-refractivity contribution is 9.10. The lowest BCUT2D eigenvalue weighted by atomic mass is 9.98. The van der Waals surface area contributed by atoms with Gasteiger partial charge in [0.1, 0.15) is 11.6 Å². The Kier molecular flexibility index (Phi) is 5.73. The zero-order chi connectivity index (χ0) is 15.4. The quantitative estimate of drug-likeness (QED) is 0.751. The number of rotatable bonds is 5. The van der Waals surface area contributed by atoms with Gasteiger partial charge in [0, 0.05) is 6.04 Å². The van der Waals surface area contributed by atoms with Crippen LogP contribution in [0.2, 0.25) is 5.02 Å². The van der Waals surface area contributed by atoms with Crippen molar-refractivity contribution in [1.82, 2.24) is 5.32 Å². The zero-order valence-corrected chi connectivity index (χ0v) is 13.8. The smallest absolute Gasteiger partial charge is 0.145 e. The summed E-state index contributed by atoms with van der Waals surface area (Å²) in [5, 5.41) is 3.40. The summed E-state index contributed by atoms with van der Waals surface area (Å²) in [6.07, 6.45) is 0.443. The summed E-state index contributed by atoms with van der Waals surface area (Å²) in [7, 11) is 0. The van der Waals surface area contributed by atoms with Gasteiger partial charge in [-0.15, -0.1) is 0 Å². The molecule has 112 valence electrons. The highest BCUT2D eigenvalue weighted by atomic mass is 79.9. The molecule has 5 heteroatoms. The minimum absolute atomic E-state index is 0.111. The Morgan fingerprint density at radius 2 is 2.00 bits per heavy atom. The molecular weight excluding hydrogens is 360 g/mol. The molecule has 1 atom stereocenters. The van der Waals surface area contributed by atoms with Crippen molar-refractivity contribution >= 4 is 27.5 Å². The van der Waals surface area contributed by atoms with E-state index < -0.39 is 5.82 Å². The fourth-order valence-corrected chi connectivity index (χ4v) is 2.80. The summed E-state index contributed by atoms with van der Waals surface area (Å²) in [6.45, 7) is 2.70. The van der Waals surface area contributed by atoms with Crippen LogP contribution in [0.25, 0.3) is 0 Å². The van der Waals surface area contributed by atoms with Gasteiger partial charge in [0.15, 0.2) is 0 Å². The lowest BCUT2D eigenvalue weighted by Gasteiger charge is -2.19. The average Bonchev–Trinajstić information content (AvgIpc) is 2.46. The highest BCUT2D eigenvalue weighted by Gasteiger charge is 2.16. The first-order valence-corrected chi connectivity index (χ1v) is 7.81. The second-order valence-corrected chi connectivity index (χ2v) is 5.96. The maximum atomic E-state index is 14.0. The third-order valence-corrected chi connectivity index (χ3v) is 4.15. The molecule has 0 fully saturated rings. The molecule has 0 saturated heterocycles. The summed E-state index contributed by atoms with van der Waals surface area (Å²) in [4.78, 5) is 0. The van der Waals surface area contributed by atoms with Crippen molar-refractivity contribution in [1.29, 1.82) is 0 Å². The van der Waals surface area contributed by atoms with Crippen LogP contribution >= 0.6 is 27.5 Å². The van der Waals surface area contributed by atoms with Gasteiger partial charge in [-0.05, 0) is 58.2 Å². The predicted molar refractivity (Wildman–Crippen MR) is 85.6 cm³/mol. The molecule has 2 aromatic carbocycles. The number of hydrogen-bond acceptors (Lipinski definition) is 1. The number of likely N-dealkylation sites (N-methyl/N-ethyl adjacent to an activating group) is 1. The molecule has 0 aromatic heterocycles. The second kappa shape index (κ2) is 7.34.